The topological polar surface area (TPSA) is 0 Å². The molecule has 1 heteroatoms. The summed E-state index contributed by atoms with van der Waals surface area (Å²) in [7, 11) is 0. The Hall–Kier alpha value is -1.86. The summed E-state index contributed by atoms with van der Waals surface area (Å²) in [4.78, 5) is 0. The van der Waals surface area contributed by atoms with E-state index in [4.69, 9.17) is 0 Å². The summed E-state index contributed by atoms with van der Waals surface area (Å²) in [5, 5.41) is 2.77. The van der Waals surface area contributed by atoms with Crippen molar-refractivity contribution < 1.29 is 0 Å². The largest absolute Gasteiger partial charge is 0.135 e. The summed E-state index contributed by atoms with van der Waals surface area (Å²) in [5.74, 6) is 0. The first kappa shape index (κ1) is 14.1. The molecule has 0 N–H and O–H groups in total. The van der Waals surface area contributed by atoms with Crippen LogP contribution in [0, 0.1) is 0 Å². The molecule has 106 valence electrons. The fourth-order valence-corrected chi connectivity index (χ4v) is 4.03. The van der Waals surface area contributed by atoms with E-state index in [9.17, 15) is 0 Å². The molecule has 1 aromatic heterocycles. The molecule has 1 heterocycles. The molecule has 3 aromatic rings. The summed E-state index contributed by atoms with van der Waals surface area (Å²) in [6.45, 7) is 4.00. The van der Waals surface area contributed by atoms with Gasteiger partial charge in [-0.2, -0.15) is 0 Å². The SMILES string of the molecule is C1=CC(c2cccc3c2sc2ccccc23)=CCC1.CC. The van der Waals surface area contributed by atoms with E-state index >= 15 is 0 Å². The molecule has 0 radical (unpaired) electrons. The number of hydrogen-bond donors (Lipinski definition) is 0. The minimum Gasteiger partial charge on any atom is -0.135 e. The van der Waals surface area contributed by atoms with E-state index in [1.165, 1.54) is 37.7 Å². The zero-order valence-corrected chi connectivity index (χ0v) is 13.4. The first-order valence-electron chi connectivity index (χ1n) is 7.71. The number of allylic oxidation sites excluding steroid dienone is 4. The highest BCUT2D eigenvalue weighted by atomic mass is 32.1. The second-order valence-corrected chi connectivity index (χ2v) is 5.97. The maximum Gasteiger partial charge on any atom is 0.0433 e. The average Bonchev–Trinajstić information content (AvgIpc) is 2.96. The van der Waals surface area contributed by atoms with Crippen molar-refractivity contribution in [2.24, 2.45) is 0 Å². The lowest BCUT2D eigenvalue weighted by atomic mass is 9.98. The van der Waals surface area contributed by atoms with Crippen molar-refractivity contribution in [3.63, 3.8) is 0 Å². The molecular weight excluding hydrogens is 272 g/mol. The lowest BCUT2D eigenvalue weighted by Gasteiger charge is -2.08. The van der Waals surface area contributed by atoms with Crippen LogP contribution in [0.1, 0.15) is 32.3 Å². The minimum absolute atomic E-state index is 1.16. The van der Waals surface area contributed by atoms with E-state index in [2.05, 4.69) is 60.7 Å². The lowest BCUT2D eigenvalue weighted by molar-refractivity contribution is 1.04. The molecular formula is C20H20S. The van der Waals surface area contributed by atoms with Gasteiger partial charge in [0.05, 0.1) is 0 Å². The van der Waals surface area contributed by atoms with Gasteiger partial charge in [-0.05, 0) is 30.0 Å². The number of hydrogen-bond acceptors (Lipinski definition) is 1. The van der Waals surface area contributed by atoms with Gasteiger partial charge in [-0.1, -0.05) is 68.5 Å². The molecule has 4 rings (SSSR count). The minimum atomic E-state index is 1.16. The molecule has 0 saturated carbocycles. The van der Waals surface area contributed by atoms with E-state index in [1.807, 2.05) is 25.2 Å². The van der Waals surface area contributed by atoms with Gasteiger partial charge in [0.25, 0.3) is 0 Å². The number of thiophene rings is 1. The van der Waals surface area contributed by atoms with E-state index < -0.39 is 0 Å². The molecule has 0 saturated heterocycles. The van der Waals surface area contributed by atoms with Crippen molar-refractivity contribution in [3.8, 4) is 0 Å². The van der Waals surface area contributed by atoms with Crippen LogP contribution in [0.15, 0.2) is 60.7 Å². The number of rotatable bonds is 1. The number of benzene rings is 2. The fourth-order valence-electron chi connectivity index (χ4n) is 2.79. The van der Waals surface area contributed by atoms with Crippen LogP contribution in [-0.4, -0.2) is 0 Å². The highest BCUT2D eigenvalue weighted by Crippen LogP contribution is 2.38. The molecule has 21 heavy (non-hydrogen) atoms. The molecule has 1 aliphatic rings. The summed E-state index contributed by atoms with van der Waals surface area (Å²) in [6.07, 6.45) is 9.24. The molecule has 0 nitrogen and oxygen atoms in total. The average molecular weight is 292 g/mol. The van der Waals surface area contributed by atoms with Gasteiger partial charge in [-0.25, -0.2) is 0 Å². The normalized spacial score (nSPS) is 13.9. The molecule has 0 atom stereocenters. The van der Waals surface area contributed by atoms with Crippen LogP contribution in [0.25, 0.3) is 25.7 Å². The van der Waals surface area contributed by atoms with Crippen molar-refractivity contribution in [3.05, 3.63) is 66.3 Å². The van der Waals surface area contributed by atoms with Gasteiger partial charge in [0.15, 0.2) is 0 Å². The highest BCUT2D eigenvalue weighted by molar-refractivity contribution is 7.26. The molecule has 1 aliphatic carbocycles. The molecule has 0 unspecified atom stereocenters. The van der Waals surface area contributed by atoms with Crippen molar-refractivity contribution in [1.82, 2.24) is 0 Å². The van der Waals surface area contributed by atoms with Crippen molar-refractivity contribution >= 4 is 37.1 Å². The van der Waals surface area contributed by atoms with Gasteiger partial charge in [-0.15, -0.1) is 11.3 Å². The fraction of sp³-hybridized carbons (Fsp3) is 0.200. The van der Waals surface area contributed by atoms with Crippen LogP contribution in [0.4, 0.5) is 0 Å². The molecule has 0 aliphatic heterocycles. The molecule has 0 spiro atoms. The highest BCUT2D eigenvalue weighted by Gasteiger charge is 2.10. The van der Waals surface area contributed by atoms with Crippen LogP contribution in [0.5, 0.6) is 0 Å². The first-order valence-corrected chi connectivity index (χ1v) is 8.52. The van der Waals surface area contributed by atoms with Gasteiger partial charge in [0.1, 0.15) is 0 Å². The van der Waals surface area contributed by atoms with Gasteiger partial charge in [0, 0.05) is 20.2 Å². The maximum atomic E-state index is 2.36. The standard InChI is InChI=1S/C18H14S.C2H6/c1-2-7-13(8-3-1)14-10-6-11-16-15-9-4-5-12-17(15)19-18(14)16;1-2/h2,4-12H,1,3H2;1-2H3. The Balaban J connectivity index is 0.000000636. The smallest absolute Gasteiger partial charge is 0.0433 e. The zero-order valence-electron chi connectivity index (χ0n) is 12.6. The summed E-state index contributed by atoms with van der Waals surface area (Å²) < 4.78 is 2.80. The lowest BCUT2D eigenvalue weighted by Crippen LogP contribution is -1.85. The van der Waals surface area contributed by atoms with Gasteiger partial charge >= 0.3 is 0 Å². The van der Waals surface area contributed by atoms with Gasteiger partial charge < -0.3 is 0 Å². The van der Waals surface area contributed by atoms with E-state index in [-0.39, 0.29) is 0 Å². The van der Waals surface area contributed by atoms with Crippen LogP contribution in [0.3, 0.4) is 0 Å². The first-order chi connectivity index (χ1) is 10.4. The summed E-state index contributed by atoms with van der Waals surface area (Å²) in [6, 6.07) is 15.4. The maximum absolute atomic E-state index is 2.36. The Labute approximate surface area is 130 Å². The zero-order chi connectivity index (χ0) is 14.7. The van der Waals surface area contributed by atoms with E-state index in [0.717, 1.165) is 6.42 Å². The molecule has 0 bridgehead atoms. The Morgan fingerprint density at radius 1 is 0.857 bits per heavy atom. The molecule has 0 fully saturated rings. The van der Waals surface area contributed by atoms with Crippen LogP contribution in [-0.2, 0) is 0 Å². The Kier molecular flexibility index (Phi) is 4.21. The third-order valence-corrected chi connectivity index (χ3v) is 4.93. The van der Waals surface area contributed by atoms with Crippen molar-refractivity contribution in [1.29, 1.82) is 0 Å². The predicted octanol–water partition coefficient (Wildman–Crippen LogP) is 6.81. The Morgan fingerprint density at radius 3 is 2.48 bits per heavy atom. The van der Waals surface area contributed by atoms with Crippen LogP contribution >= 0.6 is 11.3 Å². The monoisotopic (exact) mass is 292 g/mol. The third-order valence-electron chi connectivity index (χ3n) is 3.71. The van der Waals surface area contributed by atoms with Gasteiger partial charge in [0.2, 0.25) is 0 Å². The van der Waals surface area contributed by atoms with Crippen LogP contribution in [0.2, 0.25) is 0 Å². The Morgan fingerprint density at radius 2 is 1.67 bits per heavy atom. The van der Waals surface area contributed by atoms with Crippen molar-refractivity contribution in [2.75, 3.05) is 0 Å². The second-order valence-electron chi connectivity index (χ2n) is 4.92. The number of fused-ring (bicyclic) bond motifs is 3. The predicted molar refractivity (Wildman–Crippen MR) is 97.0 cm³/mol. The quantitative estimate of drug-likeness (QED) is 0.462. The summed E-state index contributed by atoms with van der Waals surface area (Å²) in [5.41, 5.74) is 2.76. The van der Waals surface area contributed by atoms with Crippen molar-refractivity contribution in [2.45, 2.75) is 26.7 Å². The summed E-state index contributed by atoms with van der Waals surface area (Å²) >= 11 is 1.91. The Bertz CT molecular complexity index is 818. The van der Waals surface area contributed by atoms with Crippen LogP contribution < -0.4 is 0 Å². The molecule has 0 amide bonds. The van der Waals surface area contributed by atoms with E-state index in [1.54, 1.807) is 0 Å². The van der Waals surface area contributed by atoms with Gasteiger partial charge in [-0.3, -0.25) is 0 Å². The van der Waals surface area contributed by atoms with E-state index in [0.29, 0.717) is 0 Å². The molecule has 2 aromatic carbocycles. The second kappa shape index (κ2) is 6.28. The third kappa shape index (κ3) is 2.54.